The molecule has 0 bridgehead atoms. The van der Waals surface area contributed by atoms with Crippen molar-refractivity contribution in [3.05, 3.63) is 0 Å². The van der Waals surface area contributed by atoms with Crippen LogP contribution in [-0.2, 0) is 28.5 Å². The van der Waals surface area contributed by atoms with E-state index < -0.39 is 22.9 Å². The van der Waals surface area contributed by atoms with E-state index in [4.69, 9.17) is 18.9 Å². The molecular weight excluding hydrogens is 472 g/mol. The highest BCUT2D eigenvalue weighted by molar-refractivity contribution is 5.83. The zero-order chi connectivity index (χ0) is 26.3. The van der Waals surface area contributed by atoms with E-state index in [1.54, 1.807) is 0 Å². The van der Waals surface area contributed by atoms with E-state index in [0.29, 0.717) is 12.3 Å². The Morgan fingerprint density at radius 3 is 2.51 bits per heavy atom. The second-order valence-electron chi connectivity index (χ2n) is 14.8. The normalized spacial score (nSPS) is 58.9. The van der Waals surface area contributed by atoms with Crippen LogP contribution in [0.1, 0.15) is 92.9 Å². The zero-order valence-electron chi connectivity index (χ0n) is 23.2. The molecule has 13 atom stereocenters. The van der Waals surface area contributed by atoms with Gasteiger partial charge in [-0.3, -0.25) is 9.59 Å². The maximum atomic E-state index is 14.0. The number of carbonyl (C=O) groups excluding carboxylic acids is 2. The van der Waals surface area contributed by atoms with E-state index in [1.807, 2.05) is 6.92 Å². The summed E-state index contributed by atoms with van der Waals surface area (Å²) in [7, 11) is 0. The van der Waals surface area contributed by atoms with Gasteiger partial charge in [-0.05, 0) is 101 Å². The Bertz CT molecular complexity index is 1040. The van der Waals surface area contributed by atoms with Gasteiger partial charge in [0.15, 0.2) is 5.60 Å². The Labute approximate surface area is 220 Å². The summed E-state index contributed by atoms with van der Waals surface area (Å²) in [4.78, 5) is 25.6. The van der Waals surface area contributed by atoms with Crippen LogP contribution in [0.5, 0.6) is 0 Å². The van der Waals surface area contributed by atoms with Gasteiger partial charge in [0.25, 0.3) is 0 Å². The maximum Gasteiger partial charge on any atom is 0.313 e. The van der Waals surface area contributed by atoms with Crippen molar-refractivity contribution in [3.63, 3.8) is 0 Å². The molecule has 7 aliphatic rings. The molecule has 7 heteroatoms. The van der Waals surface area contributed by atoms with Crippen molar-refractivity contribution >= 4 is 11.9 Å². The molecule has 4 saturated carbocycles. The first-order valence-corrected chi connectivity index (χ1v) is 14.7. The largest absolute Gasteiger partial charge is 0.463 e. The second-order valence-corrected chi connectivity index (χ2v) is 14.8. The quantitative estimate of drug-likeness (QED) is 0.517. The molecule has 7 nitrogen and oxygen atoms in total. The Hall–Kier alpha value is -1.18. The van der Waals surface area contributed by atoms with E-state index in [2.05, 4.69) is 27.7 Å². The van der Waals surface area contributed by atoms with Crippen molar-refractivity contribution in [1.82, 2.24) is 0 Å². The van der Waals surface area contributed by atoms with Gasteiger partial charge in [-0.25, -0.2) is 0 Å². The minimum Gasteiger partial charge on any atom is -0.463 e. The van der Waals surface area contributed by atoms with Gasteiger partial charge in [0, 0.05) is 19.3 Å². The fraction of sp³-hybridized carbons (Fsp3) is 0.933. The molecule has 3 saturated heterocycles. The van der Waals surface area contributed by atoms with Crippen molar-refractivity contribution in [1.29, 1.82) is 0 Å². The molecule has 5 unspecified atom stereocenters. The summed E-state index contributed by atoms with van der Waals surface area (Å²) >= 11 is 0. The Morgan fingerprint density at radius 2 is 1.84 bits per heavy atom. The summed E-state index contributed by atoms with van der Waals surface area (Å²) in [5, 5.41) is 11.9. The minimum absolute atomic E-state index is 0.0137. The molecule has 0 aromatic heterocycles. The molecule has 206 valence electrons. The fourth-order valence-corrected chi connectivity index (χ4v) is 11.3. The Balaban J connectivity index is 1.22. The molecular formula is C30H44O7. The lowest BCUT2D eigenvalue weighted by Crippen LogP contribution is -2.61. The van der Waals surface area contributed by atoms with Crippen LogP contribution in [0.2, 0.25) is 0 Å². The molecule has 0 radical (unpaired) electrons. The van der Waals surface area contributed by atoms with E-state index in [0.717, 1.165) is 44.9 Å². The predicted molar refractivity (Wildman–Crippen MR) is 133 cm³/mol. The van der Waals surface area contributed by atoms with Crippen LogP contribution in [0.25, 0.3) is 0 Å². The van der Waals surface area contributed by atoms with E-state index in [9.17, 15) is 14.7 Å². The molecule has 2 spiro atoms. The summed E-state index contributed by atoms with van der Waals surface area (Å²) in [6.45, 7) is 12.3. The van der Waals surface area contributed by atoms with Gasteiger partial charge in [-0.15, -0.1) is 0 Å². The SMILES string of the molecule is CC(=O)O[C@@H]1CC[C@@]2(C)C(CCC3C2[C@@H](O)C[C@]24C(=O)O[C@]5(C)[C@H]2[C@H](CC34)OC52C[C@H](C)C(C)(C)O2)C1. The van der Waals surface area contributed by atoms with Crippen LogP contribution in [-0.4, -0.2) is 52.3 Å². The van der Waals surface area contributed by atoms with Crippen LogP contribution in [0.3, 0.4) is 0 Å². The number of carbonyl (C=O) groups is 2. The number of aliphatic hydroxyl groups excluding tert-OH is 1. The third kappa shape index (κ3) is 2.84. The predicted octanol–water partition coefficient (Wildman–Crippen LogP) is 4.38. The van der Waals surface area contributed by atoms with Gasteiger partial charge in [-0.1, -0.05) is 13.8 Å². The van der Waals surface area contributed by atoms with Gasteiger partial charge in [0.1, 0.15) is 6.10 Å². The number of aliphatic hydroxyl groups is 1. The molecule has 0 aromatic rings. The number of hydrogen-bond acceptors (Lipinski definition) is 7. The fourth-order valence-electron chi connectivity index (χ4n) is 11.3. The van der Waals surface area contributed by atoms with Gasteiger partial charge < -0.3 is 24.1 Å². The number of rotatable bonds is 1. The summed E-state index contributed by atoms with van der Waals surface area (Å²) in [5.74, 6) is -0.0263. The summed E-state index contributed by atoms with van der Waals surface area (Å²) in [6, 6.07) is 0. The highest BCUT2D eigenvalue weighted by Crippen LogP contribution is 2.76. The molecule has 0 aromatic carbocycles. The van der Waals surface area contributed by atoms with Gasteiger partial charge >= 0.3 is 11.9 Å². The zero-order valence-corrected chi connectivity index (χ0v) is 23.2. The Kier molecular flexibility index (Phi) is 4.91. The molecule has 1 N–H and O–H groups in total. The van der Waals surface area contributed by atoms with E-state index >= 15 is 0 Å². The first kappa shape index (κ1) is 24.8. The van der Waals surface area contributed by atoms with Gasteiger partial charge in [-0.2, -0.15) is 0 Å². The van der Waals surface area contributed by atoms with E-state index in [1.165, 1.54) is 6.92 Å². The molecule has 3 aliphatic heterocycles. The first-order valence-electron chi connectivity index (χ1n) is 14.7. The van der Waals surface area contributed by atoms with Crippen molar-refractivity contribution < 1.29 is 33.6 Å². The first-order chi connectivity index (χ1) is 17.3. The van der Waals surface area contributed by atoms with Gasteiger partial charge in [0.05, 0.1) is 23.2 Å². The smallest absolute Gasteiger partial charge is 0.313 e. The molecule has 7 fully saturated rings. The van der Waals surface area contributed by atoms with Crippen molar-refractivity contribution in [2.45, 2.75) is 128 Å². The molecule has 37 heavy (non-hydrogen) atoms. The lowest BCUT2D eigenvalue weighted by atomic mass is 9.43. The molecule has 3 heterocycles. The number of hydrogen-bond donors (Lipinski definition) is 1. The summed E-state index contributed by atoms with van der Waals surface area (Å²) in [6.07, 6.45) is 6.10. The number of fused-ring (bicyclic) bond motifs is 5. The van der Waals surface area contributed by atoms with E-state index in [-0.39, 0.29) is 64.8 Å². The number of esters is 2. The minimum atomic E-state index is -0.907. The topological polar surface area (TPSA) is 91.3 Å². The van der Waals surface area contributed by atoms with Crippen LogP contribution in [0, 0.1) is 46.3 Å². The van der Waals surface area contributed by atoms with Crippen LogP contribution in [0.4, 0.5) is 0 Å². The number of ether oxygens (including phenoxy) is 4. The molecule has 4 aliphatic carbocycles. The van der Waals surface area contributed by atoms with Crippen LogP contribution >= 0.6 is 0 Å². The average molecular weight is 517 g/mol. The third-order valence-electron chi connectivity index (χ3n) is 13.0. The standard InChI is InChI=1S/C30H44O7/c1-15-13-30(37-26(15,3)4)28(6)24-22(35-30)12-20-19-8-7-17-11-18(34-16(2)31)9-10-27(17,5)23(19)21(32)14-29(20,24)25(33)36-28/h15,17-24,32H,7-14H2,1-6H3/t15-,17?,18+,19?,20?,21-,22-,23?,24+,27-,28+,29+,30?/m0/s1. The summed E-state index contributed by atoms with van der Waals surface area (Å²) < 4.78 is 25.6. The highest BCUT2D eigenvalue weighted by Gasteiger charge is 2.85. The lowest BCUT2D eigenvalue weighted by Gasteiger charge is -2.61. The second kappa shape index (κ2) is 7.31. The van der Waals surface area contributed by atoms with Crippen LogP contribution < -0.4 is 0 Å². The Morgan fingerprint density at radius 1 is 1.08 bits per heavy atom. The van der Waals surface area contributed by atoms with Crippen molar-refractivity contribution in [3.8, 4) is 0 Å². The van der Waals surface area contributed by atoms with Crippen molar-refractivity contribution in [2.75, 3.05) is 0 Å². The lowest BCUT2D eigenvalue weighted by molar-refractivity contribution is -0.291. The summed E-state index contributed by atoms with van der Waals surface area (Å²) in [5.41, 5.74) is -1.89. The maximum absolute atomic E-state index is 14.0. The van der Waals surface area contributed by atoms with Crippen molar-refractivity contribution in [2.24, 2.45) is 46.3 Å². The monoisotopic (exact) mass is 516 g/mol. The van der Waals surface area contributed by atoms with Gasteiger partial charge in [0.2, 0.25) is 5.79 Å². The molecule has 0 amide bonds. The highest BCUT2D eigenvalue weighted by atomic mass is 16.8. The van der Waals surface area contributed by atoms with Crippen LogP contribution in [0.15, 0.2) is 0 Å². The third-order valence-corrected chi connectivity index (χ3v) is 13.0. The average Bonchev–Trinajstić information content (AvgIpc) is 3.39. The molecule has 7 rings (SSSR count).